The van der Waals surface area contributed by atoms with Crippen LogP contribution in [0.4, 0.5) is 0 Å². The molecule has 164 valence electrons. The molecule has 1 amide bonds. The maximum atomic E-state index is 13.4. The van der Waals surface area contributed by atoms with Crippen LogP contribution in [-0.2, 0) is 10.3 Å². The number of aromatic nitrogens is 2. The highest BCUT2D eigenvalue weighted by Crippen LogP contribution is 2.53. The van der Waals surface area contributed by atoms with Gasteiger partial charge < -0.3 is 14.2 Å². The van der Waals surface area contributed by atoms with Gasteiger partial charge in [-0.05, 0) is 58.6 Å². The van der Waals surface area contributed by atoms with Gasteiger partial charge in [-0.25, -0.2) is 4.98 Å². The highest BCUT2D eigenvalue weighted by molar-refractivity contribution is 5.79. The third-order valence-corrected chi connectivity index (χ3v) is 7.03. The number of hydrogen-bond acceptors (Lipinski definition) is 3. The van der Waals surface area contributed by atoms with Crippen molar-refractivity contribution in [3.63, 3.8) is 0 Å². The van der Waals surface area contributed by atoms with Crippen molar-refractivity contribution in [1.82, 2.24) is 14.5 Å². The van der Waals surface area contributed by atoms with Crippen LogP contribution in [0.5, 0.6) is 5.75 Å². The minimum Gasteiger partial charge on any atom is -0.496 e. The van der Waals surface area contributed by atoms with Gasteiger partial charge in [0.1, 0.15) is 17.1 Å². The van der Waals surface area contributed by atoms with E-state index in [1.807, 2.05) is 31.5 Å². The topological polar surface area (TPSA) is 47.4 Å². The quantitative estimate of drug-likeness (QED) is 0.596. The van der Waals surface area contributed by atoms with Crippen LogP contribution in [-0.4, -0.2) is 39.6 Å². The van der Waals surface area contributed by atoms with E-state index in [2.05, 4.69) is 59.5 Å². The van der Waals surface area contributed by atoms with Gasteiger partial charge in [0, 0.05) is 42.0 Å². The lowest BCUT2D eigenvalue weighted by Gasteiger charge is -2.36. The molecule has 4 rings (SSSR count). The molecule has 2 aliphatic heterocycles. The number of imidazole rings is 1. The van der Waals surface area contributed by atoms with E-state index in [9.17, 15) is 4.79 Å². The molecule has 1 fully saturated rings. The van der Waals surface area contributed by atoms with E-state index in [-0.39, 0.29) is 5.91 Å². The first-order valence-corrected chi connectivity index (χ1v) is 11.3. The summed E-state index contributed by atoms with van der Waals surface area (Å²) in [4.78, 5) is 20.1. The number of carbonyl (C=O) groups is 1. The van der Waals surface area contributed by atoms with Crippen molar-refractivity contribution in [2.24, 2.45) is 0 Å². The molecular weight excluding hydrogens is 386 g/mol. The average Bonchev–Trinajstić information content (AvgIpc) is 3.45. The second-order valence-corrected chi connectivity index (χ2v) is 8.68. The van der Waals surface area contributed by atoms with Gasteiger partial charge in [0.05, 0.1) is 7.11 Å². The minimum atomic E-state index is -0.531. The molecular formula is C26H33N3O2. The Bertz CT molecular complexity index is 1030. The summed E-state index contributed by atoms with van der Waals surface area (Å²) in [6.07, 6.45) is 13.5. The lowest BCUT2D eigenvalue weighted by molar-refractivity contribution is -0.133. The number of fused-ring (bicyclic) bond motifs is 3. The van der Waals surface area contributed by atoms with Crippen LogP contribution in [0.2, 0.25) is 0 Å². The Kier molecular flexibility index (Phi) is 5.78. The van der Waals surface area contributed by atoms with Crippen molar-refractivity contribution in [2.45, 2.75) is 71.0 Å². The number of nitrogens with zero attached hydrogens (tertiary/aromatic N) is 3. The average molecular weight is 420 g/mol. The van der Waals surface area contributed by atoms with Gasteiger partial charge in [-0.3, -0.25) is 4.79 Å². The molecule has 5 nitrogen and oxygen atoms in total. The third-order valence-electron chi connectivity index (χ3n) is 7.03. The second-order valence-electron chi connectivity index (χ2n) is 8.68. The lowest BCUT2D eigenvalue weighted by Crippen LogP contribution is -2.41. The summed E-state index contributed by atoms with van der Waals surface area (Å²) < 4.78 is 8.07. The molecule has 5 heteroatoms. The summed E-state index contributed by atoms with van der Waals surface area (Å²) in [6, 6.07) is 6.74. The van der Waals surface area contributed by atoms with Gasteiger partial charge in [-0.2, -0.15) is 0 Å². The number of ether oxygens (including phenoxy) is 1. The molecule has 3 heterocycles. The van der Waals surface area contributed by atoms with Crippen LogP contribution in [0.3, 0.4) is 0 Å². The molecule has 0 N–H and O–H groups in total. The fourth-order valence-electron chi connectivity index (χ4n) is 5.67. The fraction of sp³-hybridized carbons (Fsp3) is 0.462. The van der Waals surface area contributed by atoms with Crippen LogP contribution in [0.15, 0.2) is 54.4 Å². The number of hydrogen-bond donors (Lipinski definition) is 0. The number of allylic oxidation sites excluding steroid dienone is 4. The maximum Gasteiger partial charge on any atom is 0.223 e. The molecule has 1 saturated heterocycles. The molecule has 1 aromatic carbocycles. The van der Waals surface area contributed by atoms with Crippen molar-refractivity contribution in [3.05, 3.63) is 60.0 Å². The summed E-state index contributed by atoms with van der Waals surface area (Å²) >= 11 is 0. The standard InChI is InChI=1S/C26H33N3O2/c1-6-9-20(7-2)26(15-14-23(30)29-18(3)12-13-19(29)4)24-21(10-8-11-22(24)31-5)25-27-16-17-28(25)26/h6-11,16-19H,12-15H2,1-5H3. The van der Waals surface area contributed by atoms with Gasteiger partial charge in [0.2, 0.25) is 5.91 Å². The van der Waals surface area contributed by atoms with Gasteiger partial charge >= 0.3 is 0 Å². The Morgan fingerprint density at radius 3 is 2.65 bits per heavy atom. The Labute approximate surface area is 185 Å². The Morgan fingerprint density at radius 1 is 1.26 bits per heavy atom. The fourth-order valence-corrected chi connectivity index (χ4v) is 5.67. The molecule has 3 unspecified atom stereocenters. The number of methoxy groups -OCH3 is 1. The molecule has 2 aliphatic rings. The van der Waals surface area contributed by atoms with Gasteiger partial charge in [-0.15, -0.1) is 0 Å². The SMILES string of the molecule is CC=CC(=CC)C1(CCC(=O)N2C(C)CCC2C)c2c(OC)cccc2-c2nccn21. The number of rotatable bonds is 6. The highest BCUT2D eigenvalue weighted by atomic mass is 16.5. The van der Waals surface area contributed by atoms with E-state index in [0.29, 0.717) is 24.9 Å². The molecule has 0 spiro atoms. The number of carbonyl (C=O) groups excluding carboxylic acids is 1. The summed E-state index contributed by atoms with van der Waals surface area (Å²) in [6.45, 7) is 8.42. The first-order chi connectivity index (χ1) is 15.0. The summed E-state index contributed by atoms with van der Waals surface area (Å²) in [5.41, 5.74) is 2.79. The predicted octanol–water partition coefficient (Wildman–Crippen LogP) is 5.32. The predicted molar refractivity (Wildman–Crippen MR) is 124 cm³/mol. The van der Waals surface area contributed by atoms with E-state index < -0.39 is 5.54 Å². The monoisotopic (exact) mass is 419 g/mol. The zero-order valence-electron chi connectivity index (χ0n) is 19.3. The highest BCUT2D eigenvalue weighted by Gasteiger charge is 2.48. The molecule has 2 aromatic rings. The summed E-state index contributed by atoms with van der Waals surface area (Å²) in [7, 11) is 1.71. The van der Waals surface area contributed by atoms with Crippen molar-refractivity contribution in [3.8, 4) is 17.1 Å². The summed E-state index contributed by atoms with van der Waals surface area (Å²) in [5, 5.41) is 0. The van der Waals surface area contributed by atoms with Gasteiger partial charge in [0.25, 0.3) is 0 Å². The second kappa shape index (κ2) is 8.37. The van der Waals surface area contributed by atoms with Crippen LogP contribution in [0.1, 0.15) is 58.9 Å². The first kappa shape index (κ1) is 21.4. The first-order valence-electron chi connectivity index (χ1n) is 11.3. The minimum absolute atomic E-state index is 0.234. The van der Waals surface area contributed by atoms with Gasteiger partial charge in [0.15, 0.2) is 0 Å². The molecule has 0 aliphatic carbocycles. The molecule has 0 saturated carbocycles. The van der Waals surface area contributed by atoms with E-state index in [1.165, 1.54) is 0 Å². The number of benzene rings is 1. The zero-order valence-corrected chi connectivity index (χ0v) is 19.3. The normalized spacial score (nSPS) is 25.2. The van der Waals surface area contributed by atoms with Crippen molar-refractivity contribution >= 4 is 5.91 Å². The largest absolute Gasteiger partial charge is 0.496 e. The van der Waals surface area contributed by atoms with E-state index in [1.54, 1.807) is 7.11 Å². The Hall–Kier alpha value is -2.82. The lowest BCUT2D eigenvalue weighted by atomic mass is 9.77. The number of amides is 1. The van der Waals surface area contributed by atoms with E-state index in [4.69, 9.17) is 4.74 Å². The molecule has 3 atom stereocenters. The van der Waals surface area contributed by atoms with Crippen LogP contribution < -0.4 is 4.74 Å². The zero-order chi connectivity index (χ0) is 22.2. The molecule has 0 radical (unpaired) electrons. The van der Waals surface area contributed by atoms with Crippen LogP contribution >= 0.6 is 0 Å². The van der Waals surface area contributed by atoms with Crippen molar-refractivity contribution < 1.29 is 9.53 Å². The van der Waals surface area contributed by atoms with E-state index >= 15 is 0 Å². The summed E-state index contributed by atoms with van der Waals surface area (Å²) in [5.74, 6) is 1.99. The van der Waals surface area contributed by atoms with Gasteiger partial charge in [-0.1, -0.05) is 30.4 Å². The molecule has 31 heavy (non-hydrogen) atoms. The maximum absolute atomic E-state index is 13.4. The van der Waals surface area contributed by atoms with Crippen molar-refractivity contribution in [2.75, 3.05) is 7.11 Å². The molecule has 0 bridgehead atoms. The Morgan fingerprint density at radius 2 is 2.00 bits per heavy atom. The smallest absolute Gasteiger partial charge is 0.223 e. The number of likely N-dealkylation sites (tertiary alicyclic amines) is 1. The van der Waals surface area contributed by atoms with Crippen LogP contribution in [0, 0.1) is 0 Å². The Balaban J connectivity index is 1.84. The van der Waals surface area contributed by atoms with Crippen molar-refractivity contribution in [1.29, 1.82) is 0 Å². The van der Waals surface area contributed by atoms with E-state index in [0.717, 1.165) is 41.1 Å². The third kappa shape index (κ3) is 3.22. The molecule has 1 aromatic heterocycles. The van der Waals surface area contributed by atoms with Crippen LogP contribution in [0.25, 0.3) is 11.4 Å².